The minimum absolute atomic E-state index is 0.183. The molecule has 0 aliphatic carbocycles. The molecular weight excluding hydrogens is 245 g/mol. The number of hydrogen-bond acceptors (Lipinski definition) is 2. The van der Waals surface area contributed by atoms with E-state index in [-0.39, 0.29) is 11.5 Å². The zero-order valence-corrected chi connectivity index (χ0v) is 8.30. The van der Waals surface area contributed by atoms with Gasteiger partial charge >= 0.3 is 0 Å². The molecule has 5 heteroatoms. The zero-order chi connectivity index (χ0) is 9.14. The van der Waals surface area contributed by atoms with E-state index >= 15 is 0 Å². The van der Waals surface area contributed by atoms with E-state index in [0.717, 1.165) is 0 Å². The smallest absolute Gasteiger partial charge is 0.230 e. The molecule has 0 fully saturated rings. The summed E-state index contributed by atoms with van der Waals surface area (Å²) in [4.78, 5) is 9.78. The van der Waals surface area contributed by atoms with E-state index in [0.29, 0.717) is 15.1 Å². The Bertz CT molecular complexity index is 316. The molecule has 1 aromatic rings. The van der Waals surface area contributed by atoms with Gasteiger partial charge in [-0.15, -0.1) is 0 Å². The molecular formula is C7H5BrClNO2. The molecule has 0 N–H and O–H groups in total. The predicted molar refractivity (Wildman–Crippen MR) is 49.9 cm³/mol. The van der Waals surface area contributed by atoms with E-state index < -0.39 is 0 Å². The Morgan fingerprint density at radius 1 is 1.58 bits per heavy atom. The molecule has 3 nitrogen and oxygen atoms in total. The van der Waals surface area contributed by atoms with Crippen molar-refractivity contribution in [2.75, 3.05) is 0 Å². The van der Waals surface area contributed by atoms with Crippen molar-refractivity contribution in [3.05, 3.63) is 43.4 Å². The molecule has 64 valence electrons. The number of benzene rings is 1. The maximum atomic E-state index is 10.2. The summed E-state index contributed by atoms with van der Waals surface area (Å²) < 4.78 is 0.673. The first-order valence-electron chi connectivity index (χ1n) is 3.15. The van der Waals surface area contributed by atoms with Crippen LogP contribution in [0.1, 0.15) is 5.56 Å². The summed E-state index contributed by atoms with van der Waals surface area (Å²) in [7, 11) is 0. The van der Waals surface area contributed by atoms with Crippen molar-refractivity contribution in [1.82, 2.24) is 0 Å². The molecule has 1 rings (SSSR count). The van der Waals surface area contributed by atoms with Gasteiger partial charge in [0.25, 0.3) is 0 Å². The lowest BCUT2D eigenvalue weighted by Crippen LogP contribution is -1.98. The maximum absolute atomic E-state index is 10.2. The minimum atomic E-state index is -0.381. The first-order valence-corrected chi connectivity index (χ1v) is 4.32. The topological polar surface area (TPSA) is 43.1 Å². The molecule has 0 aromatic heterocycles. The Morgan fingerprint density at radius 2 is 2.25 bits per heavy atom. The Balaban J connectivity index is 2.93. The fourth-order valence-corrected chi connectivity index (χ4v) is 1.60. The fraction of sp³-hybridized carbons (Fsp3) is 0.143. The summed E-state index contributed by atoms with van der Waals surface area (Å²) in [6.07, 6.45) is 0. The Kier molecular flexibility index (Phi) is 3.05. The number of rotatable bonds is 2. The summed E-state index contributed by atoms with van der Waals surface area (Å²) in [5.41, 5.74) is 0.629. The van der Waals surface area contributed by atoms with Crippen molar-refractivity contribution in [1.29, 1.82) is 0 Å². The number of halogens is 2. The molecule has 0 aliphatic rings. The van der Waals surface area contributed by atoms with Crippen molar-refractivity contribution >= 4 is 27.5 Å². The van der Waals surface area contributed by atoms with E-state index in [4.69, 9.17) is 11.6 Å². The lowest BCUT2D eigenvalue weighted by atomic mass is 10.2. The highest BCUT2D eigenvalue weighted by Crippen LogP contribution is 2.21. The van der Waals surface area contributed by atoms with E-state index in [9.17, 15) is 10.1 Å². The highest BCUT2D eigenvalue weighted by atomic mass is 79.9. The molecule has 0 saturated carbocycles. The van der Waals surface area contributed by atoms with Crippen LogP contribution in [0.15, 0.2) is 22.7 Å². The van der Waals surface area contributed by atoms with Crippen molar-refractivity contribution in [2.45, 2.75) is 6.54 Å². The molecule has 0 saturated heterocycles. The van der Waals surface area contributed by atoms with Crippen LogP contribution in [0.5, 0.6) is 0 Å². The van der Waals surface area contributed by atoms with Gasteiger partial charge in [-0.1, -0.05) is 27.5 Å². The van der Waals surface area contributed by atoms with Crippen LogP contribution in [0, 0.1) is 10.1 Å². The highest BCUT2D eigenvalue weighted by Gasteiger charge is 2.05. The maximum Gasteiger partial charge on any atom is 0.230 e. The standard InChI is InChI=1S/C7H5BrClNO2/c8-7-3-6(9)2-1-5(7)4-10(11)12/h1-3H,4H2. The normalized spacial score (nSPS) is 9.83. The van der Waals surface area contributed by atoms with Crippen molar-refractivity contribution in [2.24, 2.45) is 0 Å². The largest absolute Gasteiger partial charge is 0.264 e. The first kappa shape index (κ1) is 9.48. The second-order valence-electron chi connectivity index (χ2n) is 2.23. The van der Waals surface area contributed by atoms with Gasteiger partial charge in [-0.2, -0.15) is 0 Å². The fourth-order valence-electron chi connectivity index (χ4n) is 0.789. The van der Waals surface area contributed by atoms with Crippen LogP contribution < -0.4 is 0 Å². The Morgan fingerprint density at radius 3 is 2.75 bits per heavy atom. The van der Waals surface area contributed by atoms with E-state index in [1.54, 1.807) is 18.2 Å². The summed E-state index contributed by atoms with van der Waals surface area (Å²) >= 11 is 8.84. The quantitative estimate of drug-likeness (QED) is 0.598. The van der Waals surface area contributed by atoms with Gasteiger partial charge < -0.3 is 0 Å². The van der Waals surface area contributed by atoms with Gasteiger partial charge in [-0.3, -0.25) is 10.1 Å². The molecule has 1 aromatic carbocycles. The number of nitro groups is 1. The van der Waals surface area contributed by atoms with Crippen LogP contribution in [-0.4, -0.2) is 4.92 Å². The van der Waals surface area contributed by atoms with Gasteiger partial charge in [0.1, 0.15) is 0 Å². The molecule has 12 heavy (non-hydrogen) atoms. The third-order valence-electron chi connectivity index (χ3n) is 1.31. The minimum Gasteiger partial charge on any atom is -0.264 e. The SMILES string of the molecule is O=[N+]([O-])Cc1ccc(Cl)cc1Br. The Hall–Kier alpha value is -0.610. The molecule has 0 spiro atoms. The molecule has 0 atom stereocenters. The van der Waals surface area contributed by atoms with Crippen LogP contribution in [0.3, 0.4) is 0 Å². The third-order valence-corrected chi connectivity index (χ3v) is 2.29. The second-order valence-corrected chi connectivity index (χ2v) is 3.52. The second kappa shape index (κ2) is 3.87. The van der Waals surface area contributed by atoms with Gasteiger partial charge in [0.05, 0.1) is 0 Å². The summed E-state index contributed by atoms with van der Waals surface area (Å²) in [5, 5.41) is 10.7. The number of hydrogen-bond donors (Lipinski definition) is 0. The van der Waals surface area contributed by atoms with Crippen molar-refractivity contribution < 1.29 is 4.92 Å². The van der Waals surface area contributed by atoms with E-state index in [1.807, 2.05) is 0 Å². The number of nitrogens with zero attached hydrogens (tertiary/aromatic N) is 1. The van der Waals surface area contributed by atoms with Crippen molar-refractivity contribution in [3.8, 4) is 0 Å². The average Bonchev–Trinajstić information content (AvgIpc) is 1.94. The van der Waals surface area contributed by atoms with E-state index in [1.165, 1.54) is 0 Å². The highest BCUT2D eigenvalue weighted by molar-refractivity contribution is 9.10. The summed E-state index contributed by atoms with van der Waals surface area (Å²) in [5.74, 6) is 0. The van der Waals surface area contributed by atoms with Gasteiger partial charge in [-0.05, 0) is 18.2 Å². The predicted octanol–water partition coefficient (Wildman–Crippen LogP) is 2.88. The molecule has 0 heterocycles. The average molecular weight is 250 g/mol. The van der Waals surface area contributed by atoms with E-state index in [2.05, 4.69) is 15.9 Å². The van der Waals surface area contributed by atoms with Crippen LogP contribution >= 0.6 is 27.5 Å². The van der Waals surface area contributed by atoms with Crippen LogP contribution in [-0.2, 0) is 6.54 Å². The van der Waals surface area contributed by atoms with Gasteiger partial charge in [0.2, 0.25) is 6.54 Å². The van der Waals surface area contributed by atoms with Gasteiger partial charge in [-0.25, -0.2) is 0 Å². The molecule has 0 unspecified atom stereocenters. The monoisotopic (exact) mass is 249 g/mol. The third kappa shape index (κ3) is 2.46. The van der Waals surface area contributed by atoms with Gasteiger partial charge in [0, 0.05) is 20.0 Å². The van der Waals surface area contributed by atoms with Crippen molar-refractivity contribution in [3.63, 3.8) is 0 Å². The first-order chi connectivity index (χ1) is 5.59. The zero-order valence-electron chi connectivity index (χ0n) is 5.96. The van der Waals surface area contributed by atoms with Crippen LogP contribution in [0.4, 0.5) is 0 Å². The molecule has 0 radical (unpaired) electrons. The van der Waals surface area contributed by atoms with Gasteiger partial charge in [0.15, 0.2) is 0 Å². The Labute approximate surface area is 82.6 Å². The van der Waals surface area contributed by atoms with Crippen LogP contribution in [0.25, 0.3) is 0 Å². The molecule has 0 aliphatic heterocycles. The lowest BCUT2D eigenvalue weighted by molar-refractivity contribution is -0.497. The summed E-state index contributed by atoms with van der Waals surface area (Å²) in [6.45, 7) is -0.183. The lowest BCUT2D eigenvalue weighted by Gasteiger charge is -1.98. The molecule has 0 amide bonds. The summed E-state index contributed by atoms with van der Waals surface area (Å²) in [6, 6.07) is 4.90. The van der Waals surface area contributed by atoms with Crippen LogP contribution in [0.2, 0.25) is 5.02 Å². The molecule has 0 bridgehead atoms.